The number of halogens is 1. The summed E-state index contributed by atoms with van der Waals surface area (Å²) in [6.07, 6.45) is 0. The first kappa shape index (κ1) is 15.0. The number of carbonyl (C=O) groups excluding carboxylic acids is 2. The van der Waals surface area contributed by atoms with Crippen molar-refractivity contribution in [3.63, 3.8) is 0 Å². The lowest BCUT2D eigenvalue weighted by Crippen LogP contribution is -2.38. The van der Waals surface area contributed by atoms with Crippen LogP contribution in [0.5, 0.6) is 0 Å². The zero-order valence-electron chi connectivity index (χ0n) is 11.0. The van der Waals surface area contributed by atoms with Gasteiger partial charge in [0.25, 0.3) is 5.91 Å². The van der Waals surface area contributed by atoms with Gasteiger partial charge in [-0.2, -0.15) is 5.10 Å². The lowest BCUT2D eigenvalue weighted by molar-refractivity contribution is -0.118. The Morgan fingerprint density at radius 1 is 1.29 bits per heavy atom. The van der Waals surface area contributed by atoms with Gasteiger partial charge in [-0.05, 0) is 17.7 Å². The highest BCUT2D eigenvalue weighted by Crippen LogP contribution is 2.14. The van der Waals surface area contributed by atoms with E-state index in [2.05, 4.69) is 26.1 Å². The molecule has 0 aliphatic heterocycles. The molecule has 2 aromatic rings. The number of nitrogen functional groups attached to an aromatic ring is 1. The first-order valence-corrected chi connectivity index (χ1v) is 6.88. The number of hydrogen-bond acceptors (Lipinski definition) is 4. The molecule has 0 atom stereocenters. The van der Waals surface area contributed by atoms with Crippen molar-refractivity contribution < 1.29 is 9.59 Å². The number of nitrogens with zero attached hydrogens (tertiary/aromatic N) is 2. The Morgan fingerprint density at radius 2 is 1.95 bits per heavy atom. The van der Waals surface area contributed by atoms with E-state index in [0.717, 1.165) is 10.0 Å². The minimum Gasteiger partial charge on any atom is -0.382 e. The highest BCUT2D eigenvalue weighted by Gasteiger charge is 2.20. The number of nitrogens with two attached hydrogens (primary N) is 2. The summed E-state index contributed by atoms with van der Waals surface area (Å²) in [4.78, 5) is 24.8. The topological polar surface area (TPSA) is 118 Å². The summed E-state index contributed by atoms with van der Waals surface area (Å²) < 4.78 is 0.931. The van der Waals surface area contributed by atoms with Crippen molar-refractivity contribution in [3.05, 3.63) is 46.1 Å². The molecule has 1 aromatic carbocycles. The number of amides is 2. The molecule has 2 rings (SSSR count). The third-order valence-electron chi connectivity index (χ3n) is 2.75. The van der Waals surface area contributed by atoms with Gasteiger partial charge in [0.15, 0.2) is 0 Å². The molecule has 0 saturated carbocycles. The van der Waals surface area contributed by atoms with Crippen LogP contribution in [-0.2, 0) is 11.3 Å². The van der Waals surface area contributed by atoms with Crippen LogP contribution >= 0.6 is 15.9 Å². The number of H-pyrrole nitrogens is 1. The molecule has 1 aromatic heterocycles. The van der Waals surface area contributed by atoms with E-state index in [1.807, 2.05) is 24.3 Å². The molecule has 0 bridgehead atoms. The van der Waals surface area contributed by atoms with E-state index in [0.29, 0.717) is 0 Å². The Morgan fingerprint density at radius 3 is 2.48 bits per heavy atom. The summed E-state index contributed by atoms with van der Waals surface area (Å²) >= 11 is 3.34. The average Bonchev–Trinajstić information content (AvgIpc) is 2.86. The molecular formula is C13H14BrN5O2. The number of carbonyl (C=O) groups is 2. The average molecular weight is 352 g/mol. The molecule has 0 unspecified atom stereocenters. The third kappa shape index (κ3) is 4.06. The van der Waals surface area contributed by atoms with Crippen LogP contribution in [0.25, 0.3) is 0 Å². The Balaban J connectivity index is 2.19. The summed E-state index contributed by atoms with van der Waals surface area (Å²) in [5, 5.41) is 6.23. The first-order valence-electron chi connectivity index (χ1n) is 6.08. The lowest BCUT2D eigenvalue weighted by atomic mass is 10.2. The number of hydrogen-bond donors (Lipinski definition) is 3. The fourth-order valence-corrected chi connectivity index (χ4v) is 2.08. The van der Waals surface area contributed by atoms with Crippen molar-refractivity contribution in [2.45, 2.75) is 6.54 Å². The number of rotatable bonds is 5. The van der Waals surface area contributed by atoms with E-state index in [4.69, 9.17) is 11.5 Å². The van der Waals surface area contributed by atoms with Crippen molar-refractivity contribution in [3.8, 4) is 0 Å². The minimum atomic E-state index is -0.590. The maximum atomic E-state index is 12.3. The summed E-state index contributed by atoms with van der Waals surface area (Å²) in [6, 6.07) is 8.84. The van der Waals surface area contributed by atoms with Crippen LogP contribution in [0.2, 0.25) is 0 Å². The molecular weight excluding hydrogens is 338 g/mol. The van der Waals surface area contributed by atoms with Crippen LogP contribution in [0.3, 0.4) is 0 Å². The van der Waals surface area contributed by atoms with Gasteiger partial charge in [0.05, 0.1) is 0 Å². The summed E-state index contributed by atoms with van der Waals surface area (Å²) in [5.41, 5.74) is 11.8. The number of aromatic nitrogens is 2. The van der Waals surface area contributed by atoms with Crippen molar-refractivity contribution in [1.29, 1.82) is 0 Å². The fraction of sp³-hybridized carbons (Fsp3) is 0.154. The van der Waals surface area contributed by atoms with Crippen LogP contribution in [0, 0.1) is 0 Å². The van der Waals surface area contributed by atoms with E-state index >= 15 is 0 Å². The largest absolute Gasteiger partial charge is 0.382 e. The smallest absolute Gasteiger partial charge is 0.272 e. The highest BCUT2D eigenvalue weighted by atomic mass is 79.9. The van der Waals surface area contributed by atoms with Crippen molar-refractivity contribution in [1.82, 2.24) is 15.1 Å². The lowest BCUT2D eigenvalue weighted by Gasteiger charge is -2.20. The number of primary amides is 1. The standard InChI is InChI=1S/C13H14BrN5O2/c14-9-3-1-8(2-4-9)6-19(7-12(16)20)13(21)10-5-11(15)18-17-10/h1-5H,6-7H2,(H2,16,20)(H3,15,17,18). The molecule has 0 spiro atoms. The van der Waals surface area contributed by atoms with Gasteiger partial charge >= 0.3 is 0 Å². The maximum Gasteiger partial charge on any atom is 0.272 e. The number of aromatic amines is 1. The van der Waals surface area contributed by atoms with Crippen molar-refractivity contribution in [2.24, 2.45) is 5.73 Å². The maximum absolute atomic E-state index is 12.3. The number of benzene rings is 1. The van der Waals surface area contributed by atoms with Gasteiger partial charge in [-0.25, -0.2) is 0 Å². The zero-order valence-corrected chi connectivity index (χ0v) is 12.6. The second-order valence-electron chi connectivity index (χ2n) is 4.46. The summed E-state index contributed by atoms with van der Waals surface area (Å²) in [6.45, 7) is 0.0712. The molecule has 0 saturated heterocycles. The van der Waals surface area contributed by atoms with Crippen LogP contribution in [-0.4, -0.2) is 33.5 Å². The minimum absolute atomic E-state index is 0.187. The fourth-order valence-electron chi connectivity index (χ4n) is 1.81. The second-order valence-corrected chi connectivity index (χ2v) is 5.38. The molecule has 0 aliphatic rings. The molecule has 7 nitrogen and oxygen atoms in total. The Labute approximate surface area is 129 Å². The van der Waals surface area contributed by atoms with Crippen LogP contribution < -0.4 is 11.5 Å². The molecule has 1 heterocycles. The monoisotopic (exact) mass is 351 g/mol. The summed E-state index contributed by atoms with van der Waals surface area (Å²) in [7, 11) is 0. The summed E-state index contributed by atoms with van der Waals surface area (Å²) in [5.74, 6) is -0.769. The van der Waals surface area contributed by atoms with Crippen LogP contribution in [0.4, 0.5) is 5.82 Å². The molecule has 0 aliphatic carbocycles. The van der Waals surface area contributed by atoms with Gasteiger partial charge in [-0.15, -0.1) is 0 Å². The van der Waals surface area contributed by atoms with Crippen LogP contribution in [0.15, 0.2) is 34.8 Å². The number of nitrogens with one attached hydrogen (secondary N) is 1. The Bertz CT molecular complexity index is 653. The van der Waals surface area contributed by atoms with Gasteiger partial charge in [0.2, 0.25) is 5.91 Å². The van der Waals surface area contributed by atoms with E-state index in [1.54, 1.807) is 0 Å². The van der Waals surface area contributed by atoms with Gasteiger partial charge < -0.3 is 16.4 Å². The predicted octanol–water partition coefficient (Wildman–Crippen LogP) is 0.882. The Hall–Kier alpha value is -2.35. The molecule has 0 radical (unpaired) electrons. The van der Waals surface area contributed by atoms with Gasteiger partial charge in [0.1, 0.15) is 18.1 Å². The van der Waals surface area contributed by atoms with Gasteiger partial charge in [0, 0.05) is 17.1 Å². The van der Waals surface area contributed by atoms with E-state index < -0.39 is 5.91 Å². The SMILES string of the molecule is NC(=O)CN(Cc1ccc(Br)cc1)C(=O)c1cc(N)n[nH]1. The van der Waals surface area contributed by atoms with Crippen LogP contribution in [0.1, 0.15) is 16.1 Å². The second kappa shape index (κ2) is 6.40. The Kier molecular flexibility index (Phi) is 4.59. The van der Waals surface area contributed by atoms with E-state index in [1.165, 1.54) is 11.0 Å². The predicted molar refractivity (Wildman–Crippen MR) is 81.1 cm³/mol. The van der Waals surface area contributed by atoms with Gasteiger partial charge in [-0.1, -0.05) is 28.1 Å². The quantitative estimate of drug-likeness (QED) is 0.740. The third-order valence-corrected chi connectivity index (χ3v) is 3.28. The van der Waals surface area contributed by atoms with E-state index in [9.17, 15) is 9.59 Å². The van der Waals surface area contributed by atoms with Crippen molar-refractivity contribution >= 4 is 33.6 Å². The van der Waals surface area contributed by atoms with Gasteiger partial charge in [-0.3, -0.25) is 14.7 Å². The molecule has 5 N–H and O–H groups in total. The molecule has 0 fully saturated rings. The molecule has 2 amide bonds. The van der Waals surface area contributed by atoms with E-state index in [-0.39, 0.29) is 30.5 Å². The van der Waals surface area contributed by atoms with Crippen molar-refractivity contribution in [2.75, 3.05) is 12.3 Å². The number of anilines is 1. The highest BCUT2D eigenvalue weighted by molar-refractivity contribution is 9.10. The normalized spacial score (nSPS) is 10.3. The molecule has 8 heteroatoms. The zero-order chi connectivity index (χ0) is 15.4. The molecule has 21 heavy (non-hydrogen) atoms. The molecule has 110 valence electrons. The first-order chi connectivity index (χ1) is 9.95.